The van der Waals surface area contributed by atoms with Crippen molar-refractivity contribution in [3.8, 4) is 0 Å². The standard InChI is InChI=1S/C13H20N2/c1-13(2,3)11-4-6-12(7-5-11)15-9-8-14-10-15/h4-7,14H,8-10H2,1-3H3. The maximum Gasteiger partial charge on any atom is 0.0683 e. The molecule has 1 aliphatic heterocycles. The summed E-state index contributed by atoms with van der Waals surface area (Å²) in [7, 11) is 0. The van der Waals surface area contributed by atoms with E-state index in [4.69, 9.17) is 0 Å². The summed E-state index contributed by atoms with van der Waals surface area (Å²) < 4.78 is 0. The quantitative estimate of drug-likeness (QED) is 0.755. The zero-order valence-electron chi connectivity index (χ0n) is 9.88. The summed E-state index contributed by atoms with van der Waals surface area (Å²) in [6, 6.07) is 8.95. The molecular weight excluding hydrogens is 184 g/mol. The Morgan fingerprint density at radius 2 is 1.80 bits per heavy atom. The average Bonchev–Trinajstić information content (AvgIpc) is 2.69. The molecule has 1 aliphatic rings. The first-order valence-electron chi connectivity index (χ1n) is 5.63. The van der Waals surface area contributed by atoms with Gasteiger partial charge in [-0.05, 0) is 23.1 Å². The van der Waals surface area contributed by atoms with E-state index < -0.39 is 0 Å². The van der Waals surface area contributed by atoms with Gasteiger partial charge in [-0.2, -0.15) is 0 Å². The molecule has 2 rings (SSSR count). The second kappa shape index (κ2) is 3.86. The van der Waals surface area contributed by atoms with Crippen LogP contribution in [-0.2, 0) is 5.41 Å². The molecule has 1 fully saturated rings. The van der Waals surface area contributed by atoms with Crippen LogP contribution in [0.3, 0.4) is 0 Å². The maximum atomic E-state index is 3.34. The van der Waals surface area contributed by atoms with Gasteiger partial charge in [0.15, 0.2) is 0 Å². The Labute approximate surface area is 92.3 Å². The molecule has 0 bridgehead atoms. The summed E-state index contributed by atoms with van der Waals surface area (Å²) in [5.41, 5.74) is 2.98. The van der Waals surface area contributed by atoms with Crippen LogP contribution in [0.4, 0.5) is 5.69 Å². The van der Waals surface area contributed by atoms with Crippen LogP contribution < -0.4 is 10.2 Å². The van der Waals surface area contributed by atoms with E-state index in [1.165, 1.54) is 11.3 Å². The Morgan fingerprint density at radius 1 is 1.13 bits per heavy atom. The predicted molar refractivity (Wildman–Crippen MR) is 65.4 cm³/mol. The Kier molecular flexibility index (Phi) is 2.70. The first kappa shape index (κ1) is 10.5. The molecule has 1 heterocycles. The van der Waals surface area contributed by atoms with Crippen LogP contribution in [-0.4, -0.2) is 19.8 Å². The van der Waals surface area contributed by atoms with Gasteiger partial charge in [-0.1, -0.05) is 32.9 Å². The Morgan fingerprint density at radius 3 is 2.27 bits per heavy atom. The van der Waals surface area contributed by atoms with Gasteiger partial charge >= 0.3 is 0 Å². The fourth-order valence-corrected chi connectivity index (χ4v) is 1.90. The molecule has 1 saturated heterocycles. The number of hydrogen-bond donors (Lipinski definition) is 1. The summed E-state index contributed by atoms with van der Waals surface area (Å²) >= 11 is 0. The van der Waals surface area contributed by atoms with Gasteiger partial charge in [-0.15, -0.1) is 0 Å². The molecule has 2 nitrogen and oxygen atoms in total. The number of nitrogens with one attached hydrogen (secondary N) is 1. The van der Waals surface area contributed by atoms with Crippen molar-refractivity contribution in [2.75, 3.05) is 24.7 Å². The van der Waals surface area contributed by atoms with Crippen LogP contribution in [0, 0.1) is 0 Å². The zero-order valence-corrected chi connectivity index (χ0v) is 9.88. The van der Waals surface area contributed by atoms with Crippen molar-refractivity contribution in [1.29, 1.82) is 0 Å². The summed E-state index contributed by atoms with van der Waals surface area (Å²) in [5.74, 6) is 0. The molecule has 82 valence electrons. The van der Waals surface area contributed by atoms with Crippen LogP contribution in [0.25, 0.3) is 0 Å². The van der Waals surface area contributed by atoms with Crippen molar-refractivity contribution >= 4 is 5.69 Å². The molecule has 1 aromatic carbocycles. The summed E-state index contributed by atoms with van der Waals surface area (Å²) in [6.45, 7) is 9.95. The monoisotopic (exact) mass is 204 g/mol. The lowest BCUT2D eigenvalue weighted by atomic mass is 9.87. The Balaban J connectivity index is 2.16. The highest BCUT2D eigenvalue weighted by molar-refractivity contribution is 5.49. The maximum absolute atomic E-state index is 3.34. The van der Waals surface area contributed by atoms with Crippen molar-refractivity contribution in [3.63, 3.8) is 0 Å². The van der Waals surface area contributed by atoms with Crippen molar-refractivity contribution < 1.29 is 0 Å². The molecule has 0 radical (unpaired) electrons. The minimum atomic E-state index is 0.252. The summed E-state index contributed by atoms with van der Waals surface area (Å²) in [4.78, 5) is 2.37. The van der Waals surface area contributed by atoms with E-state index in [2.05, 4.69) is 55.3 Å². The third-order valence-corrected chi connectivity index (χ3v) is 2.96. The van der Waals surface area contributed by atoms with Gasteiger partial charge in [0.1, 0.15) is 0 Å². The summed E-state index contributed by atoms with van der Waals surface area (Å²) in [6.07, 6.45) is 0. The minimum absolute atomic E-state index is 0.252. The third kappa shape index (κ3) is 2.32. The molecule has 0 saturated carbocycles. The van der Waals surface area contributed by atoms with Crippen LogP contribution in [0.5, 0.6) is 0 Å². The molecular formula is C13H20N2. The van der Waals surface area contributed by atoms with E-state index in [-0.39, 0.29) is 5.41 Å². The van der Waals surface area contributed by atoms with Crippen LogP contribution in [0.1, 0.15) is 26.3 Å². The smallest absolute Gasteiger partial charge is 0.0683 e. The van der Waals surface area contributed by atoms with Gasteiger partial charge < -0.3 is 4.90 Å². The van der Waals surface area contributed by atoms with Crippen molar-refractivity contribution in [1.82, 2.24) is 5.32 Å². The molecule has 0 amide bonds. The number of rotatable bonds is 1. The van der Waals surface area contributed by atoms with Gasteiger partial charge in [0, 0.05) is 18.8 Å². The second-order valence-electron chi connectivity index (χ2n) is 5.22. The number of benzene rings is 1. The fraction of sp³-hybridized carbons (Fsp3) is 0.538. The first-order valence-corrected chi connectivity index (χ1v) is 5.63. The van der Waals surface area contributed by atoms with Gasteiger partial charge in [0.2, 0.25) is 0 Å². The van der Waals surface area contributed by atoms with Crippen molar-refractivity contribution in [2.45, 2.75) is 26.2 Å². The first-order chi connectivity index (χ1) is 7.07. The summed E-state index contributed by atoms with van der Waals surface area (Å²) in [5, 5.41) is 3.34. The zero-order chi connectivity index (χ0) is 10.9. The lowest BCUT2D eigenvalue weighted by molar-refractivity contribution is 0.590. The Hall–Kier alpha value is -1.02. The number of nitrogens with zero attached hydrogens (tertiary/aromatic N) is 1. The SMILES string of the molecule is CC(C)(C)c1ccc(N2CCNC2)cc1. The lowest BCUT2D eigenvalue weighted by Crippen LogP contribution is -2.21. The normalized spacial score (nSPS) is 17.1. The van der Waals surface area contributed by atoms with E-state index in [0.29, 0.717) is 0 Å². The van der Waals surface area contributed by atoms with Gasteiger partial charge in [0.05, 0.1) is 6.67 Å². The highest BCUT2D eigenvalue weighted by atomic mass is 15.3. The molecule has 0 spiro atoms. The van der Waals surface area contributed by atoms with E-state index in [0.717, 1.165) is 19.8 Å². The molecule has 1 N–H and O–H groups in total. The lowest BCUT2D eigenvalue weighted by Gasteiger charge is -2.21. The van der Waals surface area contributed by atoms with Crippen LogP contribution >= 0.6 is 0 Å². The van der Waals surface area contributed by atoms with Crippen molar-refractivity contribution in [3.05, 3.63) is 29.8 Å². The molecule has 0 unspecified atom stereocenters. The van der Waals surface area contributed by atoms with Gasteiger partial charge in [-0.25, -0.2) is 0 Å². The fourth-order valence-electron chi connectivity index (χ4n) is 1.90. The van der Waals surface area contributed by atoms with E-state index in [1.807, 2.05) is 0 Å². The predicted octanol–water partition coefficient (Wildman–Crippen LogP) is 2.35. The largest absolute Gasteiger partial charge is 0.357 e. The topological polar surface area (TPSA) is 15.3 Å². The number of hydrogen-bond acceptors (Lipinski definition) is 2. The van der Waals surface area contributed by atoms with Gasteiger partial charge in [-0.3, -0.25) is 5.32 Å². The van der Waals surface area contributed by atoms with Crippen molar-refractivity contribution in [2.24, 2.45) is 0 Å². The molecule has 15 heavy (non-hydrogen) atoms. The second-order valence-corrected chi connectivity index (χ2v) is 5.22. The number of anilines is 1. The van der Waals surface area contributed by atoms with E-state index >= 15 is 0 Å². The van der Waals surface area contributed by atoms with Gasteiger partial charge in [0.25, 0.3) is 0 Å². The average molecular weight is 204 g/mol. The molecule has 0 aliphatic carbocycles. The molecule has 2 heteroatoms. The van der Waals surface area contributed by atoms with Crippen LogP contribution in [0.2, 0.25) is 0 Å². The molecule has 0 aromatic heterocycles. The van der Waals surface area contributed by atoms with E-state index in [1.54, 1.807) is 0 Å². The molecule has 1 aromatic rings. The highest BCUT2D eigenvalue weighted by Crippen LogP contribution is 2.24. The third-order valence-electron chi connectivity index (χ3n) is 2.96. The highest BCUT2D eigenvalue weighted by Gasteiger charge is 2.15. The van der Waals surface area contributed by atoms with Crippen LogP contribution in [0.15, 0.2) is 24.3 Å². The van der Waals surface area contributed by atoms with E-state index in [9.17, 15) is 0 Å². The minimum Gasteiger partial charge on any atom is -0.357 e. The molecule has 0 atom stereocenters. The Bertz CT molecular complexity index is 315.